The molecule has 0 saturated carbocycles. The van der Waals surface area contributed by atoms with E-state index in [4.69, 9.17) is 10.7 Å². The highest BCUT2D eigenvalue weighted by molar-refractivity contribution is 9.12. The van der Waals surface area contributed by atoms with Crippen LogP contribution in [0.3, 0.4) is 0 Å². The molecule has 0 unspecified atom stereocenters. The van der Waals surface area contributed by atoms with Gasteiger partial charge in [-0.1, -0.05) is 34.1 Å². The summed E-state index contributed by atoms with van der Waals surface area (Å²) in [5.74, 6) is 1.44. The molecule has 2 N–H and O–H groups in total. The first-order valence-corrected chi connectivity index (χ1v) is 9.00. The van der Waals surface area contributed by atoms with Gasteiger partial charge >= 0.3 is 0 Å². The fraction of sp³-hybridized carbons (Fsp3) is 0.250. The summed E-state index contributed by atoms with van der Waals surface area (Å²) in [5, 5.41) is 2.03. The summed E-state index contributed by atoms with van der Waals surface area (Å²) in [6.07, 6.45) is 6.83. The minimum absolute atomic E-state index is 0.382. The lowest BCUT2D eigenvalue weighted by Crippen LogP contribution is -2.38. The van der Waals surface area contributed by atoms with Crippen LogP contribution in [0.5, 0.6) is 0 Å². The van der Waals surface area contributed by atoms with E-state index in [9.17, 15) is 0 Å². The lowest BCUT2D eigenvalue weighted by atomic mass is 9.96. The molecule has 0 aliphatic carbocycles. The van der Waals surface area contributed by atoms with E-state index in [-0.39, 0.29) is 5.54 Å². The highest BCUT2D eigenvalue weighted by Crippen LogP contribution is 2.28. The van der Waals surface area contributed by atoms with Gasteiger partial charge in [0.2, 0.25) is 5.96 Å². The van der Waals surface area contributed by atoms with Gasteiger partial charge in [-0.3, -0.25) is 4.57 Å². The number of para-hydroxylation sites is 2. The molecule has 0 spiro atoms. The number of aliphatic imine (C=N–C) groups is 1. The molecule has 4 nitrogen and oxygen atoms in total. The molecule has 3 rings (SSSR count). The number of nitrogens with zero attached hydrogens (tertiary/aromatic N) is 3. The van der Waals surface area contributed by atoms with Crippen LogP contribution in [0.2, 0.25) is 0 Å². The van der Waals surface area contributed by atoms with Crippen LogP contribution >= 0.6 is 27.7 Å². The maximum absolute atomic E-state index is 6.21. The summed E-state index contributed by atoms with van der Waals surface area (Å²) in [6, 6.07) is 7.99. The number of hydrogen-bond donors (Lipinski definition) is 1. The van der Waals surface area contributed by atoms with Crippen molar-refractivity contribution in [2.75, 3.05) is 6.26 Å². The Morgan fingerprint density at radius 3 is 3.00 bits per heavy atom. The van der Waals surface area contributed by atoms with Crippen molar-refractivity contribution in [3.63, 3.8) is 0 Å². The van der Waals surface area contributed by atoms with Crippen LogP contribution in [0.15, 0.2) is 51.3 Å². The summed E-state index contributed by atoms with van der Waals surface area (Å²) in [7, 11) is 0. The van der Waals surface area contributed by atoms with Gasteiger partial charge in [-0.15, -0.1) is 11.8 Å². The van der Waals surface area contributed by atoms with Crippen molar-refractivity contribution in [3.05, 3.63) is 52.1 Å². The van der Waals surface area contributed by atoms with Crippen molar-refractivity contribution in [1.82, 2.24) is 9.55 Å². The lowest BCUT2D eigenvalue weighted by Gasteiger charge is -2.27. The Labute approximate surface area is 142 Å². The van der Waals surface area contributed by atoms with Crippen LogP contribution in [0.25, 0.3) is 11.0 Å². The number of fused-ring (bicyclic) bond motifs is 3. The van der Waals surface area contributed by atoms with Crippen LogP contribution in [-0.4, -0.2) is 27.3 Å². The average Bonchev–Trinajstić information content (AvgIpc) is 2.83. The number of nitrogens with two attached hydrogens (primary N) is 1. The third kappa shape index (κ3) is 2.85. The number of aromatic nitrogens is 2. The second kappa shape index (κ2) is 5.93. The minimum Gasteiger partial charge on any atom is -0.369 e. The molecule has 2 heterocycles. The predicted octanol–water partition coefficient (Wildman–Crippen LogP) is 3.67. The van der Waals surface area contributed by atoms with Crippen molar-refractivity contribution in [2.24, 2.45) is 10.7 Å². The Morgan fingerprint density at radius 2 is 2.23 bits per heavy atom. The van der Waals surface area contributed by atoms with E-state index in [2.05, 4.69) is 33.9 Å². The van der Waals surface area contributed by atoms with Crippen molar-refractivity contribution in [2.45, 2.75) is 18.9 Å². The molecule has 114 valence electrons. The molecule has 1 aromatic carbocycles. The van der Waals surface area contributed by atoms with E-state index < -0.39 is 0 Å². The number of hydrogen-bond acceptors (Lipinski definition) is 4. The molecule has 1 atom stereocenters. The number of thioether (sulfide) groups is 1. The summed E-state index contributed by atoms with van der Waals surface area (Å²) in [5.41, 5.74) is 7.78. The SMILES string of the molecule is CS/C=C(Br)\C=C\[C@]1(C)Cc2nc3ccccc3n2C(N)=N1. The fourth-order valence-corrected chi connectivity index (χ4v) is 3.63. The highest BCUT2D eigenvalue weighted by Gasteiger charge is 2.30. The van der Waals surface area contributed by atoms with Crippen molar-refractivity contribution in [1.29, 1.82) is 0 Å². The van der Waals surface area contributed by atoms with Crippen molar-refractivity contribution >= 4 is 44.7 Å². The van der Waals surface area contributed by atoms with E-state index in [1.807, 2.05) is 46.6 Å². The van der Waals surface area contributed by atoms with Gasteiger partial charge in [-0.2, -0.15) is 0 Å². The van der Waals surface area contributed by atoms with Crippen molar-refractivity contribution in [3.8, 4) is 0 Å². The molecule has 1 aromatic heterocycles. The van der Waals surface area contributed by atoms with E-state index in [0.717, 1.165) is 27.8 Å². The molecule has 2 aromatic rings. The molecular formula is C16H17BrN4S. The monoisotopic (exact) mass is 376 g/mol. The zero-order valence-corrected chi connectivity index (χ0v) is 14.9. The first-order chi connectivity index (χ1) is 10.5. The molecule has 0 radical (unpaired) electrons. The van der Waals surface area contributed by atoms with Gasteiger partial charge in [-0.05, 0) is 36.8 Å². The topological polar surface area (TPSA) is 56.2 Å². The highest BCUT2D eigenvalue weighted by atomic mass is 79.9. The molecule has 0 bridgehead atoms. The van der Waals surface area contributed by atoms with Crippen LogP contribution in [0.4, 0.5) is 0 Å². The summed E-state index contributed by atoms with van der Waals surface area (Å²) >= 11 is 5.17. The van der Waals surface area contributed by atoms with Gasteiger partial charge in [0.1, 0.15) is 5.82 Å². The number of benzene rings is 1. The van der Waals surface area contributed by atoms with E-state index in [1.54, 1.807) is 11.8 Å². The summed E-state index contributed by atoms with van der Waals surface area (Å²) < 4.78 is 2.96. The van der Waals surface area contributed by atoms with Crippen LogP contribution in [0.1, 0.15) is 12.7 Å². The van der Waals surface area contributed by atoms with Crippen molar-refractivity contribution < 1.29 is 0 Å². The number of rotatable bonds is 3. The first kappa shape index (κ1) is 15.4. The second-order valence-electron chi connectivity index (χ2n) is 5.43. The molecule has 6 heteroatoms. The first-order valence-electron chi connectivity index (χ1n) is 6.92. The van der Waals surface area contributed by atoms with Crippen LogP contribution in [0, 0.1) is 0 Å². The molecule has 1 aliphatic heterocycles. The molecule has 0 saturated heterocycles. The normalized spacial score (nSPS) is 22.1. The molecular weight excluding hydrogens is 360 g/mol. The van der Waals surface area contributed by atoms with E-state index in [0.29, 0.717) is 5.96 Å². The van der Waals surface area contributed by atoms with Gasteiger partial charge in [0.05, 0.1) is 16.6 Å². The third-order valence-electron chi connectivity index (χ3n) is 3.58. The average molecular weight is 377 g/mol. The standard InChI is InChI=1S/C16H17BrN4S/c1-16(8-7-11(17)10-22-2)9-14-19-12-5-3-4-6-13(12)21(14)15(18)20-16/h3-8,10H,9H2,1-2H3,(H2,18,20)/b8-7+,11-10+/t16-/m1/s1. The third-order valence-corrected chi connectivity index (χ3v) is 4.86. The Bertz CT molecular complexity index is 806. The largest absolute Gasteiger partial charge is 0.369 e. The lowest BCUT2D eigenvalue weighted by molar-refractivity contribution is 0.542. The van der Waals surface area contributed by atoms with Gasteiger partial charge in [0.15, 0.2) is 0 Å². The Kier molecular flexibility index (Phi) is 4.14. The number of halogens is 1. The molecule has 1 aliphatic rings. The zero-order chi connectivity index (χ0) is 15.7. The maximum atomic E-state index is 6.21. The minimum atomic E-state index is -0.382. The Morgan fingerprint density at radius 1 is 1.45 bits per heavy atom. The zero-order valence-electron chi connectivity index (χ0n) is 12.5. The summed E-state index contributed by atoms with van der Waals surface area (Å²) in [4.78, 5) is 9.39. The smallest absolute Gasteiger partial charge is 0.202 e. The maximum Gasteiger partial charge on any atom is 0.202 e. The second-order valence-corrected chi connectivity index (χ2v) is 7.05. The molecule has 0 amide bonds. The summed E-state index contributed by atoms with van der Waals surface area (Å²) in [6.45, 7) is 2.07. The van der Waals surface area contributed by atoms with Gasteiger partial charge in [0, 0.05) is 10.9 Å². The Balaban J connectivity index is 2.00. The predicted molar refractivity (Wildman–Crippen MR) is 98.5 cm³/mol. The molecule has 22 heavy (non-hydrogen) atoms. The van der Waals surface area contributed by atoms with Crippen LogP contribution < -0.4 is 5.73 Å². The fourth-order valence-electron chi connectivity index (χ4n) is 2.63. The number of imidazole rings is 1. The van der Waals surface area contributed by atoms with E-state index >= 15 is 0 Å². The number of allylic oxidation sites excluding steroid dienone is 2. The Hall–Kier alpha value is -1.53. The molecule has 0 fully saturated rings. The quantitative estimate of drug-likeness (QED) is 0.831. The van der Waals surface area contributed by atoms with Gasteiger partial charge < -0.3 is 5.73 Å². The van der Waals surface area contributed by atoms with E-state index in [1.165, 1.54) is 0 Å². The van der Waals surface area contributed by atoms with Crippen LogP contribution in [-0.2, 0) is 6.42 Å². The van der Waals surface area contributed by atoms with Gasteiger partial charge in [-0.25, -0.2) is 9.98 Å². The van der Waals surface area contributed by atoms with Gasteiger partial charge in [0.25, 0.3) is 0 Å².